The van der Waals surface area contributed by atoms with Gasteiger partial charge >= 0.3 is 0 Å². The first-order valence-corrected chi connectivity index (χ1v) is 8.23. The quantitative estimate of drug-likeness (QED) is 0.733. The van der Waals surface area contributed by atoms with Gasteiger partial charge in [0.25, 0.3) is 5.91 Å². The maximum atomic E-state index is 12.6. The van der Waals surface area contributed by atoms with Crippen LogP contribution in [0.3, 0.4) is 0 Å². The Labute approximate surface area is 142 Å². The molecular formula is C16H26N4O4. The standard InChI is InChI=1S/C16H26N4O4/c1-5-20-14-9-18(7-6-13(21)17-4)15(22)10-19(14)16(23)12(24-20)8-11(2)3/h5,11-12,14H,1,6-10H2,2-4H3,(H,17,21). The second kappa shape index (κ2) is 7.65. The molecule has 2 saturated heterocycles. The minimum atomic E-state index is -0.593. The molecule has 0 aromatic carbocycles. The number of carbonyl (C=O) groups is 3. The van der Waals surface area contributed by atoms with E-state index in [2.05, 4.69) is 11.9 Å². The number of rotatable bonds is 6. The van der Waals surface area contributed by atoms with E-state index in [4.69, 9.17) is 4.84 Å². The number of nitrogens with one attached hydrogen (secondary N) is 1. The first kappa shape index (κ1) is 18.3. The van der Waals surface area contributed by atoms with Gasteiger partial charge in [-0.25, -0.2) is 5.06 Å². The summed E-state index contributed by atoms with van der Waals surface area (Å²) in [5.74, 6) is -0.144. The van der Waals surface area contributed by atoms with Crippen LogP contribution in [-0.4, -0.2) is 71.5 Å². The van der Waals surface area contributed by atoms with E-state index in [1.807, 2.05) is 13.8 Å². The van der Waals surface area contributed by atoms with Crippen molar-refractivity contribution in [2.75, 3.05) is 26.7 Å². The molecular weight excluding hydrogens is 312 g/mol. The van der Waals surface area contributed by atoms with Gasteiger partial charge < -0.3 is 15.1 Å². The second-order valence-electron chi connectivity index (χ2n) is 6.48. The maximum absolute atomic E-state index is 12.6. The predicted octanol–water partition coefficient (Wildman–Crippen LogP) is -0.0752. The Balaban J connectivity index is 2.09. The van der Waals surface area contributed by atoms with E-state index in [0.29, 0.717) is 25.4 Å². The Kier molecular flexibility index (Phi) is 5.82. The lowest BCUT2D eigenvalue weighted by molar-refractivity contribution is -0.260. The smallest absolute Gasteiger partial charge is 0.256 e. The van der Waals surface area contributed by atoms with E-state index in [-0.39, 0.29) is 30.7 Å². The van der Waals surface area contributed by atoms with E-state index in [9.17, 15) is 14.4 Å². The Hall–Kier alpha value is -2.09. The lowest BCUT2D eigenvalue weighted by Crippen LogP contribution is -2.68. The molecule has 2 aliphatic rings. The summed E-state index contributed by atoms with van der Waals surface area (Å²) in [6.45, 7) is 8.38. The van der Waals surface area contributed by atoms with Crippen molar-refractivity contribution in [1.82, 2.24) is 20.2 Å². The van der Waals surface area contributed by atoms with E-state index < -0.39 is 12.3 Å². The third-order valence-electron chi connectivity index (χ3n) is 4.26. The van der Waals surface area contributed by atoms with Gasteiger partial charge in [0, 0.05) is 26.2 Å². The fraction of sp³-hybridized carbons (Fsp3) is 0.688. The summed E-state index contributed by atoms with van der Waals surface area (Å²) in [5, 5.41) is 4.08. The summed E-state index contributed by atoms with van der Waals surface area (Å²) in [5.41, 5.74) is 0. The summed E-state index contributed by atoms with van der Waals surface area (Å²) < 4.78 is 0. The summed E-state index contributed by atoms with van der Waals surface area (Å²) in [7, 11) is 1.56. The van der Waals surface area contributed by atoms with E-state index in [1.165, 1.54) is 6.20 Å². The molecule has 2 aliphatic heterocycles. The van der Waals surface area contributed by atoms with Crippen molar-refractivity contribution in [3.8, 4) is 0 Å². The number of nitrogens with zero attached hydrogens (tertiary/aromatic N) is 3. The van der Waals surface area contributed by atoms with Crippen LogP contribution in [0.5, 0.6) is 0 Å². The number of carbonyl (C=O) groups excluding carboxylic acids is 3. The molecule has 2 rings (SSSR count). The molecule has 8 nitrogen and oxygen atoms in total. The molecule has 0 bridgehead atoms. The van der Waals surface area contributed by atoms with Crippen LogP contribution in [0.25, 0.3) is 0 Å². The molecule has 8 heteroatoms. The van der Waals surface area contributed by atoms with Gasteiger partial charge in [-0.2, -0.15) is 0 Å². The van der Waals surface area contributed by atoms with Gasteiger partial charge in [-0.1, -0.05) is 20.4 Å². The molecule has 2 unspecified atom stereocenters. The molecule has 2 fully saturated rings. The van der Waals surface area contributed by atoms with Gasteiger partial charge in [-0.3, -0.25) is 19.2 Å². The van der Waals surface area contributed by atoms with Crippen molar-refractivity contribution < 1.29 is 19.2 Å². The molecule has 2 heterocycles. The number of amides is 3. The van der Waals surface area contributed by atoms with Crippen LogP contribution in [0.2, 0.25) is 0 Å². The summed E-state index contributed by atoms with van der Waals surface area (Å²) in [6.07, 6.45) is 1.35. The number of hydrogen-bond donors (Lipinski definition) is 1. The van der Waals surface area contributed by atoms with Crippen molar-refractivity contribution >= 4 is 17.7 Å². The van der Waals surface area contributed by atoms with Gasteiger partial charge in [-0.05, 0) is 12.3 Å². The molecule has 0 radical (unpaired) electrons. The topological polar surface area (TPSA) is 82.2 Å². The van der Waals surface area contributed by atoms with Gasteiger partial charge in [0.1, 0.15) is 12.7 Å². The SMILES string of the molecule is C=CN1OC(CC(C)C)C(=O)N2CC(=O)N(CCC(=O)NC)CC12. The first-order valence-electron chi connectivity index (χ1n) is 8.23. The van der Waals surface area contributed by atoms with Gasteiger partial charge in [0.2, 0.25) is 11.8 Å². The highest BCUT2D eigenvalue weighted by atomic mass is 16.7. The minimum Gasteiger partial charge on any atom is -0.359 e. The normalized spacial score (nSPS) is 24.2. The molecule has 0 aliphatic carbocycles. The Morgan fingerprint density at radius 1 is 1.46 bits per heavy atom. The number of piperazine rings is 1. The Morgan fingerprint density at radius 3 is 2.75 bits per heavy atom. The first-order chi connectivity index (χ1) is 11.4. The molecule has 2 atom stereocenters. The zero-order valence-electron chi connectivity index (χ0n) is 14.5. The van der Waals surface area contributed by atoms with Crippen molar-refractivity contribution in [2.45, 2.75) is 39.0 Å². The maximum Gasteiger partial charge on any atom is 0.256 e. The van der Waals surface area contributed by atoms with Crippen LogP contribution in [0.15, 0.2) is 12.8 Å². The van der Waals surface area contributed by atoms with Gasteiger partial charge in [-0.15, -0.1) is 0 Å². The predicted molar refractivity (Wildman–Crippen MR) is 87.1 cm³/mol. The number of fused-ring (bicyclic) bond motifs is 1. The molecule has 134 valence electrons. The van der Waals surface area contributed by atoms with Crippen LogP contribution >= 0.6 is 0 Å². The van der Waals surface area contributed by atoms with Crippen LogP contribution in [0, 0.1) is 5.92 Å². The van der Waals surface area contributed by atoms with Crippen molar-refractivity contribution in [2.24, 2.45) is 5.92 Å². The zero-order chi connectivity index (χ0) is 17.9. The number of hydroxylamine groups is 2. The number of hydrogen-bond acceptors (Lipinski definition) is 5. The van der Waals surface area contributed by atoms with E-state index >= 15 is 0 Å². The largest absolute Gasteiger partial charge is 0.359 e. The molecule has 0 saturated carbocycles. The third-order valence-corrected chi connectivity index (χ3v) is 4.26. The summed E-state index contributed by atoms with van der Waals surface area (Å²) in [6, 6.07) is 0. The second-order valence-corrected chi connectivity index (χ2v) is 6.48. The molecule has 1 N–H and O–H groups in total. The van der Waals surface area contributed by atoms with Crippen LogP contribution in [0.4, 0.5) is 0 Å². The molecule has 0 aromatic heterocycles. The lowest BCUT2D eigenvalue weighted by Gasteiger charge is -2.49. The van der Waals surface area contributed by atoms with Crippen molar-refractivity contribution in [1.29, 1.82) is 0 Å². The lowest BCUT2D eigenvalue weighted by atomic mass is 10.0. The molecule has 0 aromatic rings. The minimum absolute atomic E-state index is 0.000457. The molecule has 3 amide bonds. The summed E-state index contributed by atoms with van der Waals surface area (Å²) in [4.78, 5) is 45.3. The average molecular weight is 338 g/mol. The van der Waals surface area contributed by atoms with E-state index in [1.54, 1.807) is 21.9 Å². The van der Waals surface area contributed by atoms with Gasteiger partial charge in [0.05, 0.1) is 6.54 Å². The van der Waals surface area contributed by atoms with Crippen molar-refractivity contribution in [3.63, 3.8) is 0 Å². The van der Waals surface area contributed by atoms with Crippen LogP contribution in [-0.2, 0) is 19.2 Å². The zero-order valence-corrected chi connectivity index (χ0v) is 14.5. The van der Waals surface area contributed by atoms with Crippen molar-refractivity contribution in [3.05, 3.63) is 12.8 Å². The highest BCUT2D eigenvalue weighted by Gasteiger charge is 2.45. The Bertz CT molecular complexity index is 522. The van der Waals surface area contributed by atoms with Crippen LogP contribution < -0.4 is 5.32 Å². The highest BCUT2D eigenvalue weighted by Crippen LogP contribution is 2.26. The highest BCUT2D eigenvalue weighted by molar-refractivity contribution is 5.89. The summed E-state index contributed by atoms with van der Waals surface area (Å²) >= 11 is 0. The average Bonchev–Trinajstić information content (AvgIpc) is 2.55. The van der Waals surface area contributed by atoms with Crippen LogP contribution in [0.1, 0.15) is 26.7 Å². The fourth-order valence-electron chi connectivity index (χ4n) is 2.95. The monoisotopic (exact) mass is 338 g/mol. The molecule has 0 spiro atoms. The fourth-order valence-corrected chi connectivity index (χ4v) is 2.95. The Morgan fingerprint density at radius 2 is 2.17 bits per heavy atom. The van der Waals surface area contributed by atoms with E-state index in [0.717, 1.165) is 0 Å². The van der Waals surface area contributed by atoms with Gasteiger partial charge in [0.15, 0.2) is 6.10 Å². The molecule has 24 heavy (non-hydrogen) atoms. The third kappa shape index (κ3) is 3.87.